The zero-order valence-electron chi connectivity index (χ0n) is 12.4. The molecule has 1 unspecified atom stereocenters. The van der Waals surface area contributed by atoms with Gasteiger partial charge in [-0.3, -0.25) is 4.79 Å². The zero-order chi connectivity index (χ0) is 15.7. The number of carbonyl (C=O) groups excluding carboxylic acids is 1. The topological polar surface area (TPSA) is 93.4 Å². The lowest BCUT2D eigenvalue weighted by molar-refractivity contribution is -0.129. The number of rotatable bonds is 6. The molecule has 0 radical (unpaired) electrons. The van der Waals surface area contributed by atoms with Gasteiger partial charge >= 0.3 is 0 Å². The maximum Gasteiger partial charge on any atom is 0.277 e. The molecule has 1 aliphatic carbocycles. The summed E-state index contributed by atoms with van der Waals surface area (Å²) in [6.07, 6.45) is 2.70. The van der Waals surface area contributed by atoms with Crippen LogP contribution in [0.3, 0.4) is 0 Å². The Labute approximate surface area is 133 Å². The van der Waals surface area contributed by atoms with Crippen molar-refractivity contribution in [3.05, 3.63) is 5.89 Å². The fourth-order valence-electron chi connectivity index (χ4n) is 2.64. The Morgan fingerprint density at radius 3 is 2.73 bits per heavy atom. The lowest BCUT2D eigenvalue weighted by Crippen LogP contribution is -2.41. The molecule has 0 spiro atoms. The van der Waals surface area contributed by atoms with Gasteiger partial charge in [0.1, 0.15) is 0 Å². The van der Waals surface area contributed by atoms with Crippen molar-refractivity contribution in [3.63, 3.8) is 0 Å². The van der Waals surface area contributed by atoms with Gasteiger partial charge < -0.3 is 9.32 Å². The predicted octanol–water partition coefficient (Wildman–Crippen LogP) is 1.07. The van der Waals surface area contributed by atoms with E-state index in [-0.39, 0.29) is 29.2 Å². The third-order valence-corrected chi connectivity index (χ3v) is 6.53. The van der Waals surface area contributed by atoms with Gasteiger partial charge in [0.25, 0.3) is 5.22 Å². The highest BCUT2D eigenvalue weighted by atomic mass is 32.2. The third-order valence-electron chi connectivity index (χ3n) is 3.98. The smallest absolute Gasteiger partial charge is 0.277 e. The molecule has 2 fully saturated rings. The summed E-state index contributed by atoms with van der Waals surface area (Å²) in [5.41, 5.74) is 0. The number of carbonyl (C=O) groups is 1. The number of sulfone groups is 1. The fourth-order valence-corrected chi connectivity index (χ4v) is 5.03. The van der Waals surface area contributed by atoms with Crippen molar-refractivity contribution in [1.29, 1.82) is 0 Å². The molecule has 7 nitrogen and oxygen atoms in total. The lowest BCUT2D eigenvalue weighted by Gasteiger charge is -2.26. The predicted molar refractivity (Wildman–Crippen MR) is 81.4 cm³/mol. The Bertz CT molecular complexity index is 654. The van der Waals surface area contributed by atoms with Crippen LogP contribution in [0.25, 0.3) is 0 Å². The van der Waals surface area contributed by atoms with Crippen LogP contribution in [0, 0.1) is 0 Å². The Kier molecular flexibility index (Phi) is 4.44. The SMILES string of the molecule is CCN(C(=O)CSc1nnc(C2CC2)o1)C1CCS(=O)(=O)C1. The molecule has 1 saturated carbocycles. The van der Waals surface area contributed by atoms with Gasteiger partial charge in [-0.15, -0.1) is 10.2 Å². The maximum atomic E-state index is 12.3. The molecule has 22 heavy (non-hydrogen) atoms. The highest BCUT2D eigenvalue weighted by Crippen LogP contribution is 2.39. The summed E-state index contributed by atoms with van der Waals surface area (Å²) in [6, 6.07) is -0.201. The molecule has 1 atom stereocenters. The van der Waals surface area contributed by atoms with E-state index >= 15 is 0 Å². The van der Waals surface area contributed by atoms with E-state index in [0.29, 0.717) is 30.0 Å². The summed E-state index contributed by atoms with van der Waals surface area (Å²) in [6.45, 7) is 2.38. The molecule has 1 amide bonds. The summed E-state index contributed by atoms with van der Waals surface area (Å²) in [4.78, 5) is 14.0. The average molecular weight is 345 g/mol. The minimum Gasteiger partial charge on any atom is -0.416 e. The summed E-state index contributed by atoms with van der Waals surface area (Å²) >= 11 is 1.22. The summed E-state index contributed by atoms with van der Waals surface area (Å²) in [5.74, 6) is 1.40. The number of thioether (sulfide) groups is 1. The first-order valence-electron chi connectivity index (χ1n) is 7.44. The first-order chi connectivity index (χ1) is 10.5. The molecule has 1 aliphatic heterocycles. The van der Waals surface area contributed by atoms with Gasteiger partial charge in [0.05, 0.1) is 17.3 Å². The van der Waals surface area contributed by atoms with Gasteiger partial charge in [-0.1, -0.05) is 11.8 Å². The Morgan fingerprint density at radius 2 is 2.14 bits per heavy atom. The maximum absolute atomic E-state index is 12.3. The highest BCUT2D eigenvalue weighted by molar-refractivity contribution is 7.99. The van der Waals surface area contributed by atoms with Gasteiger partial charge in [0.2, 0.25) is 11.8 Å². The Hall–Kier alpha value is -1.09. The second kappa shape index (κ2) is 6.19. The number of hydrogen-bond acceptors (Lipinski definition) is 7. The van der Waals surface area contributed by atoms with Crippen LogP contribution >= 0.6 is 11.8 Å². The van der Waals surface area contributed by atoms with Gasteiger partial charge in [0.15, 0.2) is 9.84 Å². The van der Waals surface area contributed by atoms with E-state index in [9.17, 15) is 13.2 Å². The van der Waals surface area contributed by atoms with Crippen LogP contribution in [0.15, 0.2) is 9.64 Å². The first-order valence-corrected chi connectivity index (χ1v) is 10.3. The van der Waals surface area contributed by atoms with Crippen molar-refractivity contribution in [2.75, 3.05) is 23.8 Å². The van der Waals surface area contributed by atoms with E-state index in [0.717, 1.165) is 12.8 Å². The van der Waals surface area contributed by atoms with Crippen molar-refractivity contribution in [3.8, 4) is 0 Å². The monoisotopic (exact) mass is 345 g/mol. The molecule has 9 heteroatoms. The molecule has 2 heterocycles. The standard InChI is InChI=1S/C13H19N3O4S2/c1-2-16(10-5-6-22(18,19)8-10)11(17)7-21-13-15-14-12(20-13)9-3-4-9/h9-10H,2-8H2,1H3. The van der Waals surface area contributed by atoms with Crippen molar-refractivity contribution in [1.82, 2.24) is 15.1 Å². The van der Waals surface area contributed by atoms with E-state index in [1.54, 1.807) is 4.90 Å². The van der Waals surface area contributed by atoms with Crippen LogP contribution in [0.2, 0.25) is 0 Å². The van der Waals surface area contributed by atoms with Crippen LogP contribution in [-0.4, -0.2) is 59.3 Å². The molecule has 1 aromatic rings. The molecule has 122 valence electrons. The lowest BCUT2D eigenvalue weighted by atomic mass is 10.2. The molecule has 0 bridgehead atoms. The second-order valence-corrected chi connectivity index (χ2v) is 8.86. The van der Waals surface area contributed by atoms with E-state index in [1.807, 2.05) is 6.92 Å². The number of hydrogen-bond donors (Lipinski definition) is 0. The summed E-state index contributed by atoms with van der Waals surface area (Å²) in [5, 5.41) is 8.32. The van der Waals surface area contributed by atoms with Crippen molar-refractivity contribution in [2.24, 2.45) is 0 Å². The van der Waals surface area contributed by atoms with E-state index in [2.05, 4.69) is 10.2 Å². The summed E-state index contributed by atoms with van der Waals surface area (Å²) in [7, 11) is -2.99. The van der Waals surface area contributed by atoms with E-state index in [1.165, 1.54) is 11.8 Å². The van der Waals surface area contributed by atoms with E-state index in [4.69, 9.17) is 4.42 Å². The minimum absolute atomic E-state index is 0.0730. The molecule has 0 N–H and O–H groups in total. The molecule has 1 saturated heterocycles. The first kappa shape index (κ1) is 15.8. The Morgan fingerprint density at radius 1 is 1.36 bits per heavy atom. The van der Waals surface area contributed by atoms with Crippen LogP contribution in [0.5, 0.6) is 0 Å². The van der Waals surface area contributed by atoms with Crippen molar-refractivity contribution >= 4 is 27.5 Å². The zero-order valence-corrected chi connectivity index (χ0v) is 14.0. The molecule has 0 aromatic carbocycles. The second-order valence-electron chi connectivity index (χ2n) is 5.71. The molecule has 2 aliphatic rings. The van der Waals surface area contributed by atoms with Crippen molar-refractivity contribution in [2.45, 2.75) is 43.4 Å². The average Bonchev–Trinajstić information content (AvgIpc) is 3.11. The molecule has 1 aromatic heterocycles. The normalized spacial score (nSPS) is 23.6. The number of amides is 1. The number of nitrogens with zero attached hydrogens (tertiary/aromatic N) is 3. The molecular formula is C13H19N3O4S2. The third kappa shape index (κ3) is 3.62. The van der Waals surface area contributed by atoms with Gasteiger partial charge in [0, 0.05) is 18.5 Å². The Balaban J connectivity index is 1.55. The molecule has 3 rings (SSSR count). The van der Waals surface area contributed by atoms with Gasteiger partial charge in [-0.2, -0.15) is 0 Å². The number of aromatic nitrogens is 2. The van der Waals surface area contributed by atoms with Crippen molar-refractivity contribution < 1.29 is 17.6 Å². The van der Waals surface area contributed by atoms with Crippen LogP contribution in [0.4, 0.5) is 0 Å². The van der Waals surface area contributed by atoms with Gasteiger partial charge in [-0.05, 0) is 26.2 Å². The van der Waals surface area contributed by atoms with Gasteiger partial charge in [-0.25, -0.2) is 8.42 Å². The van der Waals surface area contributed by atoms with Crippen LogP contribution in [-0.2, 0) is 14.6 Å². The minimum atomic E-state index is -2.99. The van der Waals surface area contributed by atoms with Crippen LogP contribution < -0.4 is 0 Å². The largest absolute Gasteiger partial charge is 0.416 e. The summed E-state index contributed by atoms with van der Waals surface area (Å²) < 4.78 is 28.6. The van der Waals surface area contributed by atoms with Crippen LogP contribution in [0.1, 0.15) is 38.0 Å². The highest BCUT2D eigenvalue weighted by Gasteiger charge is 2.34. The fraction of sp³-hybridized carbons (Fsp3) is 0.769. The molecular weight excluding hydrogens is 326 g/mol. The van der Waals surface area contributed by atoms with E-state index < -0.39 is 9.84 Å². The quantitative estimate of drug-likeness (QED) is 0.712.